The van der Waals surface area contributed by atoms with E-state index < -0.39 is 0 Å². The Labute approximate surface area is 172 Å². The van der Waals surface area contributed by atoms with Gasteiger partial charge in [0.15, 0.2) is 0 Å². The standard InChI is InChI=1S/C23H30N4O2/c1-26(2)16-19-12-10-18(11-13-19)15-24-22(28)20-7-6-14-27(17-20)23(29)25-21-8-4-3-5-9-21/h3-5,8-13,20H,6-7,14-17H2,1-2H3,(H,24,28)(H,25,29)/p+1/t20-/m1/s1. The number of hydrogen-bond acceptors (Lipinski definition) is 2. The van der Waals surface area contributed by atoms with Crippen molar-refractivity contribution in [3.63, 3.8) is 0 Å². The van der Waals surface area contributed by atoms with Crippen LogP contribution in [0.15, 0.2) is 54.6 Å². The van der Waals surface area contributed by atoms with Gasteiger partial charge >= 0.3 is 6.03 Å². The third-order valence-electron chi connectivity index (χ3n) is 5.15. The van der Waals surface area contributed by atoms with Gasteiger partial charge in [-0.05, 0) is 30.5 Å². The second-order valence-corrected chi connectivity index (χ2v) is 8.00. The number of nitrogens with zero attached hydrogens (tertiary/aromatic N) is 1. The van der Waals surface area contributed by atoms with Gasteiger partial charge in [-0.2, -0.15) is 0 Å². The van der Waals surface area contributed by atoms with Crippen molar-refractivity contribution in [1.29, 1.82) is 0 Å². The molecule has 0 aliphatic carbocycles. The highest BCUT2D eigenvalue weighted by atomic mass is 16.2. The number of carbonyl (C=O) groups excluding carboxylic acids is 2. The summed E-state index contributed by atoms with van der Waals surface area (Å²) in [5.74, 6) is -0.147. The molecule has 1 fully saturated rings. The van der Waals surface area contributed by atoms with Gasteiger partial charge in [0.05, 0.1) is 20.0 Å². The smallest absolute Gasteiger partial charge is 0.321 e. The van der Waals surface area contributed by atoms with E-state index in [1.807, 2.05) is 30.3 Å². The summed E-state index contributed by atoms with van der Waals surface area (Å²) < 4.78 is 0. The van der Waals surface area contributed by atoms with E-state index in [1.165, 1.54) is 10.5 Å². The average Bonchev–Trinajstić information content (AvgIpc) is 2.73. The van der Waals surface area contributed by atoms with E-state index in [0.29, 0.717) is 19.6 Å². The van der Waals surface area contributed by atoms with Crippen LogP contribution >= 0.6 is 0 Å². The molecule has 1 aliphatic heterocycles. The Morgan fingerprint density at radius 3 is 2.41 bits per heavy atom. The third-order valence-corrected chi connectivity index (χ3v) is 5.15. The Hall–Kier alpha value is -2.86. The van der Waals surface area contributed by atoms with Crippen molar-refractivity contribution < 1.29 is 14.5 Å². The van der Waals surface area contributed by atoms with Crippen LogP contribution in [0.4, 0.5) is 10.5 Å². The molecule has 0 aromatic heterocycles. The topological polar surface area (TPSA) is 65.9 Å². The molecule has 29 heavy (non-hydrogen) atoms. The molecule has 2 aromatic carbocycles. The van der Waals surface area contributed by atoms with Crippen LogP contribution in [0.1, 0.15) is 24.0 Å². The van der Waals surface area contributed by atoms with Crippen molar-refractivity contribution in [2.75, 3.05) is 32.5 Å². The van der Waals surface area contributed by atoms with E-state index in [4.69, 9.17) is 0 Å². The number of piperidine rings is 1. The molecule has 0 radical (unpaired) electrons. The van der Waals surface area contributed by atoms with Gasteiger partial charge < -0.3 is 20.4 Å². The molecule has 0 unspecified atom stereocenters. The number of quaternary nitrogens is 1. The molecule has 1 atom stereocenters. The maximum Gasteiger partial charge on any atom is 0.321 e. The van der Waals surface area contributed by atoms with Crippen molar-refractivity contribution in [3.8, 4) is 0 Å². The molecule has 3 N–H and O–H groups in total. The average molecular weight is 396 g/mol. The van der Waals surface area contributed by atoms with Crippen LogP contribution in [0.3, 0.4) is 0 Å². The Bertz CT molecular complexity index is 805. The van der Waals surface area contributed by atoms with Gasteiger partial charge in [0.25, 0.3) is 0 Å². The van der Waals surface area contributed by atoms with E-state index in [2.05, 4.69) is 49.0 Å². The molecule has 3 amide bonds. The monoisotopic (exact) mass is 395 g/mol. The number of para-hydroxylation sites is 1. The summed E-state index contributed by atoms with van der Waals surface area (Å²) in [6, 6.07) is 17.6. The van der Waals surface area contributed by atoms with Gasteiger partial charge in [-0.15, -0.1) is 0 Å². The fraction of sp³-hybridized carbons (Fsp3) is 0.391. The lowest BCUT2D eigenvalue weighted by Crippen LogP contribution is -3.04. The van der Waals surface area contributed by atoms with Crippen LogP contribution in [0.2, 0.25) is 0 Å². The summed E-state index contributed by atoms with van der Waals surface area (Å²) in [5.41, 5.74) is 3.14. The molecule has 0 bridgehead atoms. The molecule has 3 rings (SSSR count). The number of nitrogens with one attached hydrogen (secondary N) is 3. The van der Waals surface area contributed by atoms with Gasteiger partial charge in [-0.25, -0.2) is 4.79 Å². The summed E-state index contributed by atoms with van der Waals surface area (Å²) in [5, 5.41) is 5.94. The number of hydrogen-bond donors (Lipinski definition) is 3. The van der Waals surface area contributed by atoms with Gasteiger partial charge in [-0.1, -0.05) is 42.5 Å². The Morgan fingerprint density at radius 2 is 1.72 bits per heavy atom. The van der Waals surface area contributed by atoms with Crippen molar-refractivity contribution in [2.45, 2.75) is 25.9 Å². The Kier molecular flexibility index (Phi) is 7.25. The summed E-state index contributed by atoms with van der Waals surface area (Å²) in [4.78, 5) is 28.3. The predicted molar refractivity (Wildman–Crippen MR) is 115 cm³/mol. The zero-order chi connectivity index (χ0) is 20.6. The summed E-state index contributed by atoms with van der Waals surface area (Å²) in [6.07, 6.45) is 1.65. The minimum Gasteiger partial charge on any atom is -0.352 e. The number of benzene rings is 2. The maximum absolute atomic E-state index is 12.6. The van der Waals surface area contributed by atoms with E-state index in [-0.39, 0.29) is 17.9 Å². The number of anilines is 1. The third kappa shape index (κ3) is 6.32. The number of likely N-dealkylation sites (tertiary alicyclic amines) is 1. The van der Waals surface area contributed by atoms with Crippen molar-refractivity contribution in [3.05, 3.63) is 65.7 Å². The molecule has 0 spiro atoms. The number of carbonyl (C=O) groups is 2. The number of rotatable bonds is 6. The van der Waals surface area contributed by atoms with Crippen LogP contribution < -0.4 is 15.5 Å². The quantitative estimate of drug-likeness (QED) is 0.699. The molecule has 1 heterocycles. The molecular weight excluding hydrogens is 364 g/mol. The predicted octanol–water partition coefficient (Wildman–Crippen LogP) is 1.89. The van der Waals surface area contributed by atoms with Crippen LogP contribution in [0, 0.1) is 5.92 Å². The summed E-state index contributed by atoms with van der Waals surface area (Å²) >= 11 is 0. The molecule has 0 saturated carbocycles. The minimum absolute atomic E-state index is 0.0176. The first-order valence-corrected chi connectivity index (χ1v) is 10.3. The first-order valence-electron chi connectivity index (χ1n) is 10.3. The van der Waals surface area contributed by atoms with E-state index in [1.54, 1.807) is 4.90 Å². The van der Waals surface area contributed by atoms with Gasteiger partial charge in [-0.3, -0.25) is 4.79 Å². The minimum atomic E-state index is -0.165. The fourth-order valence-electron chi connectivity index (χ4n) is 3.62. The first kappa shape index (κ1) is 20.9. The lowest BCUT2D eigenvalue weighted by Gasteiger charge is -2.32. The molecule has 1 aliphatic rings. The highest BCUT2D eigenvalue weighted by molar-refractivity contribution is 5.90. The molecule has 154 valence electrons. The molecule has 6 heteroatoms. The second kappa shape index (κ2) is 10.1. The van der Waals surface area contributed by atoms with Crippen LogP contribution in [-0.4, -0.2) is 44.0 Å². The number of amides is 3. The van der Waals surface area contributed by atoms with Crippen molar-refractivity contribution >= 4 is 17.6 Å². The van der Waals surface area contributed by atoms with Crippen molar-refractivity contribution in [2.24, 2.45) is 5.92 Å². The normalized spacial score (nSPS) is 16.5. The molecule has 6 nitrogen and oxygen atoms in total. The fourth-order valence-corrected chi connectivity index (χ4v) is 3.62. The van der Waals surface area contributed by atoms with Crippen molar-refractivity contribution in [1.82, 2.24) is 10.2 Å². The largest absolute Gasteiger partial charge is 0.352 e. The van der Waals surface area contributed by atoms with E-state index >= 15 is 0 Å². The van der Waals surface area contributed by atoms with Crippen LogP contribution in [-0.2, 0) is 17.9 Å². The van der Waals surface area contributed by atoms with Gasteiger partial charge in [0.1, 0.15) is 6.54 Å². The van der Waals surface area contributed by atoms with Crippen LogP contribution in [0.25, 0.3) is 0 Å². The highest BCUT2D eigenvalue weighted by Crippen LogP contribution is 2.18. The highest BCUT2D eigenvalue weighted by Gasteiger charge is 2.28. The molecule has 1 saturated heterocycles. The van der Waals surface area contributed by atoms with E-state index in [0.717, 1.165) is 30.6 Å². The zero-order valence-electron chi connectivity index (χ0n) is 17.3. The summed E-state index contributed by atoms with van der Waals surface area (Å²) in [7, 11) is 4.25. The molecular formula is C23H31N4O2+. The van der Waals surface area contributed by atoms with E-state index in [9.17, 15) is 9.59 Å². The summed E-state index contributed by atoms with van der Waals surface area (Å²) in [6.45, 7) is 2.63. The zero-order valence-corrected chi connectivity index (χ0v) is 17.3. The van der Waals surface area contributed by atoms with Crippen LogP contribution in [0.5, 0.6) is 0 Å². The number of urea groups is 1. The molecule has 2 aromatic rings. The second-order valence-electron chi connectivity index (χ2n) is 8.00. The maximum atomic E-state index is 12.6. The van der Waals surface area contributed by atoms with Gasteiger partial charge in [0, 0.05) is 30.9 Å². The lowest BCUT2D eigenvalue weighted by atomic mass is 9.97. The first-order chi connectivity index (χ1) is 14.0. The Balaban J connectivity index is 1.48. The lowest BCUT2D eigenvalue weighted by molar-refractivity contribution is -0.872. The van der Waals surface area contributed by atoms with Gasteiger partial charge in [0.2, 0.25) is 5.91 Å². The SMILES string of the molecule is C[NH+](C)Cc1ccc(CNC(=O)[C@@H]2CCCN(C(=O)Nc3ccccc3)C2)cc1. The Morgan fingerprint density at radius 1 is 1.03 bits per heavy atom.